The number of fused-ring (bicyclic) bond motifs is 1. The van der Waals surface area contributed by atoms with Crippen molar-refractivity contribution in [2.75, 3.05) is 19.6 Å². The molecule has 0 saturated heterocycles. The maximum absolute atomic E-state index is 12.6. The van der Waals surface area contributed by atoms with Gasteiger partial charge in [0.15, 0.2) is 0 Å². The van der Waals surface area contributed by atoms with Crippen molar-refractivity contribution in [3.8, 4) is 0 Å². The summed E-state index contributed by atoms with van der Waals surface area (Å²) in [5, 5.41) is 0.399. The maximum atomic E-state index is 12.6. The molecule has 114 valence electrons. The lowest BCUT2D eigenvalue weighted by Crippen LogP contribution is -2.38. The zero-order chi connectivity index (χ0) is 15.5. The molecule has 2 N–H and O–H groups in total. The fourth-order valence-electron chi connectivity index (χ4n) is 2.05. The molecule has 0 unspecified atom stereocenters. The van der Waals surface area contributed by atoms with Gasteiger partial charge in [-0.1, -0.05) is 6.07 Å². The van der Waals surface area contributed by atoms with Crippen LogP contribution in [0, 0.1) is 0 Å². The zero-order valence-corrected chi connectivity index (χ0v) is 11.9. The topological polar surface area (TPSA) is 76.3 Å². The van der Waals surface area contributed by atoms with Gasteiger partial charge in [-0.15, -0.1) is 0 Å². The van der Waals surface area contributed by atoms with Crippen LogP contribution in [-0.2, 0) is 10.0 Å². The Balaban J connectivity index is 2.54. The van der Waals surface area contributed by atoms with Crippen LogP contribution in [0.4, 0.5) is 8.78 Å². The average Bonchev–Trinajstić information content (AvgIpc) is 2.45. The molecular weight excluding hydrogens is 300 g/mol. The molecular formula is C13H15F2N3O2S. The normalized spacial score (nSPS) is 12.4. The number of halogens is 2. The average molecular weight is 315 g/mol. The maximum Gasteiger partial charge on any atom is 0.252 e. The molecule has 0 atom stereocenters. The highest BCUT2D eigenvalue weighted by atomic mass is 32.2. The summed E-state index contributed by atoms with van der Waals surface area (Å²) in [6, 6.07) is 7.77. The van der Waals surface area contributed by atoms with Crippen molar-refractivity contribution in [1.29, 1.82) is 0 Å². The van der Waals surface area contributed by atoms with E-state index in [1.807, 2.05) is 0 Å². The number of sulfonamides is 1. The predicted octanol–water partition coefficient (Wildman–Crippen LogP) is 1.45. The minimum Gasteiger partial charge on any atom is -0.329 e. The van der Waals surface area contributed by atoms with Gasteiger partial charge in [0.25, 0.3) is 6.43 Å². The van der Waals surface area contributed by atoms with E-state index < -0.39 is 23.0 Å². The third-order valence-corrected chi connectivity index (χ3v) is 4.87. The van der Waals surface area contributed by atoms with Crippen molar-refractivity contribution in [3.05, 3.63) is 36.5 Å². The van der Waals surface area contributed by atoms with E-state index in [1.54, 1.807) is 18.2 Å². The van der Waals surface area contributed by atoms with E-state index in [0.717, 1.165) is 0 Å². The summed E-state index contributed by atoms with van der Waals surface area (Å²) in [6.45, 7) is -1.07. The number of nitrogens with two attached hydrogens (primary N) is 1. The van der Waals surface area contributed by atoms with Crippen LogP contribution < -0.4 is 5.73 Å². The van der Waals surface area contributed by atoms with Crippen molar-refractivity contribution in [2.45, 2.75) is 11.3 Å². The lowest BCUT2D eigenvalue weighted by Gasteiger charge is -2.21. The molecule has 0 fully saturated rings. The standard InChI is InChI=1S/C13H15F2N3O2S/c14-13(15)9-18(8-6-16)21(19,20)12-5-1-4-11-10(12)3-2-7-17-11/h1-5,7,13H,6,8-9,16H2. The van der Waals surface area contributed by atoms with Gasteiger partial charge in [0, 0.05) is 24.7 Å². The van der Waals surface area contributed by atoms with Crippen LogP contribution in [0.5, 0.6) is 0 Å². The van der Waals surface area contributed by atoms with Gasteiger partial charge in [-0.25, -0.2) is 17.2 Å². The quantitative estimate of drug-likeness (QED) is 0.875. The first-order valence-corrected chi connectivity index (χ1v) is 7.73. The fraction of sp³-hybridized carbons (Fsp3) is 0.308. The van der Waals surface area contributed by atoms with E-state index in [4.69, 9.17) is 5.73 Å². The van der Waals surface area contributed by atoms with Crippen molar-refractivity contribution in [2.24, 2.45) is 5.73 Å². The van der Waals surface area contributed by atoms with E-state index >= 15 is 0 Å². The van der Waals surface area contributed by atoms with E-state index in [1.165, 1.54) is 18.3 Å². The first-order valence-electron chi connectivity index (χ1n) is 6.29. The van der Waals surface area contributed by atoms with Gasteiger partial charge in [0.05, 0.1) is 17.0 Å². The van der Waals surface area contributed by atoms with E-state index in [2.05, 4.69) is 4.98 Å². The molecule has 21 heavy (non-hydrogen) atoms. The molecule has 1 aromatic carbocycles. The van der Waals surface area contributed by atoms with Gasteiger partial charge >= 0.3 is 0 Å². The molecule has 1 aromatic heterocycles. The largest absolute Gasteiger partial charge is 0.329 e. The van der Waals surface area contributed by atoms with Gasteiger partial charge in [0.1, 0.15) is 0 Å². The van der Waals surface area contributed by atoms with Gasteiger partial charge in [-0.2, -0.15) is 4.31 Å². The monoisotopic (exact) mass is 315 g/mol. The Hall–Kier alpha value is -1.64. The number of benzene rings is 1. The molecule has 2 rings (SSSR count). The second kappa shape index (κ2) is 6.42. The number of alkyl halides is 2. The molecule has 0 bridgehead atoms. The van der Waals surface area contributed by atoms with Gasteiger partial charge in [0.2, 0.25) is 10.0 Å². The number of pyridine rings is 1. The van der Waals surface area contributed by atoms with Crippen molar-refractivity contribution in [3.63, 3.8) is 0 Å². The van der Waals surface area contributed by atoms with Crippen molar-refractivity contribution in [1.82, 2.24) is 9.29 Å². The molecule has 0 spiro atoms. The van der Waals surface area contributed by atoms with Crippen LogP contribution in [0.2, 0.25) is 0 Å². The summed E-state index contributed by atoms with van der Waals surface area (Å²) in [6.07, 6.45) is -1.23. The second-order valence-corrected chi connectivity index (χ2v) is 6.28. The Bertz CT molecular complexity index is 717. The minimum absolute atomic E-state index is 0.0328. The predicted molar refractivity (Wildman–Crippen MR) is 75.6 cm³/mol. The number of hydrogen-bond acceptors (Lipinski definition) is 4. The highest BCUT2D eigenvalue weighted by Gasteiger charge is 2.28. The lowest BCUT2D eigenvalue weighted by molar-refractivity contribution is 0.120. The Morgan fingerprint density at radius 3 is 2.67 bits per heavy atom. The molecule has 0 aliphatic heterocycles. The highest BCUT2D eigenvalue weighted by Crippen LogP contribution is 2.24. The van der Waals surface area contributed by atoms with Gasteiger partial charge < -0.3 is 5.73 Å². The summed E-state index contributed by atoms with van der Waals surface area (Å²) in [7, 11) is -4.05. The molecule has 2 aromatic rings. The Labute approximate surface area is 121 Å². The van der Waals surface area contributed by atoms with Crippen LogP contribution >= 0.6 is 0 Å². The minimum atomic E-state index is -4.05. The van der Waals surface area contributed by atoms with Crippen molar-refractivity contribution >= 4 is 20.9 Å². The SMILES string of the molecule is NCCN(CC(F)F)S(=O)(=O)c1cccc2ncccc12. The summed E-state index contributed by atoms with van der Waals surface area (Å²) < 4.78 is 51.1. The second-order valence-electron chi connectivity index (χ2n) is 4.37. The Morgan fingerprint density at radius 1 is 1.24 bits per heavy atom. The Kier molecular flexibility index (Phi) is 4.81. The first kappa shape index (κ1) is 15.7. The van der Waals surface area contributed by atoms with E-state index in [9.17, 15) is 17.2 Å². The van der Waals surface area contributed by atoms with E-state index in [-0.39, 0.29) is 18.0 Å². The number of aromatic nitrogens is 1. The third-order valence-electron chi connectivity index (χ3n) is 2.94. The molecule has 0 amide bonds. The van der Waals surface area contributed by atoms with Crippen LogP contribution in [0.15, 0.2) is 41.4 Å². The smallest absolute Gasteiger partial charge is 0.252 e. The molecule has 0 saturated carbocycles. The first-order chi connectivity index (χ1) is 9.96. The fourth-order valence-corrected chi connectivity index (χ4v) is 3.68. The molecule has 1 heterocycles. The summed E-state index contributed by atoms with van der Waals surface area (Å²) in [5.41, 5.74) is 5.82. The lowest BCUT2D eigenvalue weighted by atomic mass is 10.2. The molecule has 0 radical (unpaired) electrons. The van der Waals surface area contributed by atoms with Gasteiger partial charge in [-0.3, -0.25) is 4.98 Å². The number of nitrogens with zero attached hydrogens (tertiary/aromatic N) is 2. The Morgan fingerprint density at radius 2 is 2.00 bits per heavy atom. The van der Waals surface area contributed by atoms with Crippen LogP contribution in [0.25, 0.3) is 10.9 Å². The van der Waals surface area contributed by atoms with Crippen LogP contribution in [0.3, 0.4) is 0 Å². The van der Waals surface area contributed by atoms with Crippen molar-refractivity contribution < 1.29 is 17.2 Å². The van der Waals surface area contributed by atoms with Crippen LogP contribution in [0.1, 0.15) is 0 Å². The number of hydrogen-bond donors (Lipinski definition) is 1. The third kappa shape index (κ3) is 3.34. The summed E-state index contributed by atoms with van der Waals surface area (Å²) in [5.74, 6) is 0. The molecule has 5 nitrogen and oxygen atoms in total. The molecule has 0 aliphatic carbocycles. The summed E-state index contributed by atoms with van der Waals surface area (Å²) in [4.78, 5) is 4.03. The highest BCUT2D eigenvalue weighted by molar-refractivity contribution is 7.89. The molecule has 0 aliphatic rings. The molecule has 8 heteroatoms. The zero-order valence-electron chi connectivity index (χ0n) is 11.1. The van der Waals surface area contributed by atoms with E-state index in [0.29, 0.717) is 15.2 Å². The summed E-state index contributed by atoms with van der Waals surface area (Å²) >= 11 is 0. The van der Waals surface area contributed by atoms with Gasteiger partial charge in [-0.05, 0) is 24.3 Å². The number of rotatable bonds is 6. The van der Waals surface area contributed by atoms with Crippen LogP contribution in [-0.4, -0.2) is 43.8 Å².